The number of nitrogens with zero attached hydrogens (tertiary/aromatic N) is 2. The largest absolute Gasteiger partial charge is 0.485 e. The molecule has 6 nitrogen and oxygen atoms in total. The first-order chi connectivity index (χ1) is 31.9. The van der Waals surface area contributed by atoms with E-state index in [-0.39, 0.29) is 22.0 Å². The molecule has 324 valence electrons. The second kappa shape index (κ2) is 14.7. The van der Waals surface area contributed by atoms with Gasteiger partial charge in [0.05, 0.1) is 9.75 Å². The van der Waals surface area contributed by atoms with Gasteiger partial charge in [0, 0.05) is 58.9 Å². The highest BCUT2D eigenvalue weighted by Gasteiger charge is 2.41. The average molecular weight is 917 g/mol. The van der Waals surface area contributed by atoms with Gasteiger partial charge < -0.3 is 19.1 Å². The molecule has 0 saturated carbocycles. The highest BCUT2D eigenvalue weighted by atomic mass is 32.1. The van der Waals surface area contributed by atoms with Crippen molar-refractivity contribution in [2.24, 2.45) is 0 Å². The van der Waals surface area contributed by atoms with Gasteiger partial charge in [-0.1, -0.05) is 114 Å². The molecule has 3 aromatic heterocycles. The van der Waals surface area contributed by atoms with E-state index in [1.165, 1.54) is 65.4 Å². The molecule has 0 spiro atoms. The Kier molecular flexibility index (Phi) is 9.05. The van der Waals surface area contributed by atoms with Crippen molar-refractivity contribution in [1.82, 2.24) is 0 Å². The average Bonchev–Trinajstić information content (AvgIpc) is 4.16. The number of anilines is 3. The number of carbonyl (C=O) groups excluding carboxylic acids is 1. The summed E-state index contributed by atoms with van der Waals surface area (Å²) in [6.07, 6.45) is 1.64. The highest BCUT2D eigenvalue weighted by molar-refractivity contribution is 7.28. The number of ether oxygens (including phenoxy) is 3. The first-order valence-corrected chi connectivity index (χ1v) is 24.7. The molecular formula is C57H44N2O4S3. The van der Waals surface area contributed by atoms with Crippen LogP contribution >= 0.6 is 34.0 Å². The van der Waals surface area contributed by atoms with Gasteiger partial charge in [0.1, 0.15) is 19.3 Å². The Labute approximate surface area is 396 Å². The van der Waals surface area contributed by atoms with Crippen molar-refractivity contribution in [3.63, 3.8) is 0 Å². The first-order valence-electron chi connectivity index (χ1n) is 22.2. The molecule has 8 aromatic rings. The molecule has 4 heterocycles. The summed E-state index contributed by atoms with van der Waals surface area (Å²) in [6.45, 7) is 15.1. The number of fused-ring (bicyclic) bond motifs is 10. The predicted molar refractivity (Wildman–Crippen MR) is 270 cm³/mol. The topological polar surface area (TPSA) is 71.8 Å². The van der Waals surface area contributed by atoms with E-state index in [2.05, 4.69) is 168 Å². The van der Waals surface area contributed by atoms with Gasteiger partial charge in [-0.05, 0) is 110 Å². The molecule has 4 aliphatic rings. The van der Waals surface area contributed by atoms with Crippen LogP contribution in [0.4, 0.5) is 17.1 Å². The second-order valence-corrected chi connectivity index (χ2v) is 22.2. The summed E-state index contributed by atoms with van der Waals surface area (Å²) in [7, 11) is 0. The Balaban J connectivity index is 0.945. The number of hydrogen-bond donors (Lipinski definition) is 0. The maximum absolute atomic E-state index is 11.0. The smallest absolute Gasteiger partial charge is 0.299 e. The van der Waals surface area contributed by atoms with Crippen molar-refractivity contribution in [2.45, 2.75) is 57.8 Å². The lowest BCUT2D eigenvalue weighted by atomic mass is 9.82. The Morgan fingerprint density at radius 3 is 1.68 bits per heavy atom. The zero-order valence-electron chi connectivity index (χ0n) is 37.4. The van der Waals surface area contributed by atoms with E-state index < -0.39 is 0 Å². The van der Waals surface area contributed by atoms with Crippen LogP contribution in [0.15, 0.2) is 127 Å². The van der Waals surface area contributed by atoms with Gasteiger partial charge >= 0.3 is 0 Å². The van der Waals surface area contributed by atoms with Gasteiger partial charge in [-0.25, -0.2) is 0 Å². The van der Waals surface area contributed by atoms with Crippen LogP contribution in [0.3, 0.4) is 0 Å². The maximum Gasteiger partial charge on any atom is 0.299 e. The van der Waals surface area contributed by atoms with Gasteiger partial charge in [-0.15, -0.1) is 34.0 Å². The normalized spacial score (nSPS) is 16.0. The molecular weight excluding hydrogens is 873 g/mol. The predicted octanol–water partition coefficient (Wildman–Crippen LogP) is 15.4. The molecule has 5 aromatic carbocycles. The summed E-state index contributed by atoms with van der Waals surface area (Å²) in [4.78, 5) is 19.9. The second-order valence-electron chi connectivity index (χ2n) is 19.0. The summed E-state index contributed by atoms with van der Waals surface area (Å²) in [6, 6.07) is 47.0. The van der Waals surface area contributed by atoms with Crippen LogP contribution in [0, 0.1) is 11.3 Å². The van der Waals surface area contributed by atoms with Gasteiger partial charge in [-0.3, -0.25) is 4.79 Å². The Hall–Kier alpha value is -6.70. The number of allylic oxidation sites excluding steroid dienone is 1. The molecule has 0 bridgehead atoms. The van der Waals surface area contributed by atoms with Crippen molar-refractivity contribution in [1.29, 1.82) is 5.26 Å². The first kappa shape index (κ1) is 40.8. The number of benzene rings is 5. The minimum atomic E-state index is -0.253. The van der Waals surface area contributed by atoms with E-state index >= 15 is 0 Å². The van der Waals surface area contributed by atoms with Crippen LogP contribution in [-0.4, -0.2) is 19.7 Å². The molecule has 0 amide bonds. The number of hydrogen-bond acceptors (Lipinski definition) is 9. The quantitative estimate of drug-likeness (QED) is 0.0859. The van der Waals surface area contributed by atoms with Crippen molar-refractivity contribution >= 4 is 63.6 Å². The Morgan fingerprint density at radius 1 is 0.576 bits per heavy atom. The molecule has 0 N–H and O–H groups in total. The molecule has 0 fully saturated rings. The van der Waals surface area contributed by atoms with Crippen LogP contribution in [-0.2, 0) is 25.8 Å². The van der Waals surface area contributed by atoms with Crippen molar-refractivity contribution in [2.75, 3.05) is 18.1 Å². The number of rotatable bonds is 8. The summed E-state index contributed by atoms with van der Waals surface area (Å²) < 4.78 is 17.8. The van der Waals surface area contributed by atoms with Gasteiger partial charge in [0.25, 0.3) is 6.47 Å². The third kappa shape index (κ3) is 5.91. The highest BCUT2D eigenvalue weighted by Crippen LogP contribution is 2.61. The van der Waals surface area contributed by atoms with E-state index in [4.69, 9.17) is 14.2 Å². The summed E-state index contributed by atoms with van der Waals surface area (Å²) in [5.41, 5.74) is 16.9. The van der Waals surface area contributed by atoms with E-state index in [0.29, 0.717) is 19.7 Å². The van der Waals surface area contributed by atoms with Crippen LogP contribution in [0.25, 0.3) is 58.3 Å². The molecule has 3 aliphatic carbocycles. The molecule has 0 radical (unpaired) electrons. The SMILES string of the molecule is CC1(C)c2ccccc2-c2ccc(N(c3ccc(-c4sc(-c5cc6c(s5)-c5sc(/C=C(/C#N)OC=O)cc5C6(C)C)c5c4OCCO5)cc3)c3ccc4c(c3)C(C)(C)c3ccccc3-4)cc21. The third-order valence-electron chi connectivity index (χ3n) is 14.3. The molecule has 12 rings (SSSR count). The lowest BCUT2D eigenvalue weighted by Crippen LogP contribution is -2.18. The standard InChI is InChI=1S/C57H44N2O4S3/c1-55(2)42-13-9-7-11-38(42)40-21-19-34(25-44(40)55)59(35-20-22-41-39-12-8-10-14-43(39)56(3,4)45(41)26-35)33-17-15-32(16-18-33)51-49-50(62-24-23-61-49)54(66-51)48-29-47-53(65-48)52-46(57(47,5)6)28-37(64-52)27-36(30-58)63-31-60/h7-22,25-29,31H,23-24H2,1-6H3/b36-27-. The van der Waals surface area contributed by atoms with Gasteiger partial charge in [-0.2, -0.15) is 5.26 Å². The van der Waals surface area contributed by atoms with Crippen molar-refractivity contribution < 1.29 is 19.0 Å². The van der Waals surface area contributed by atoms with Gasteiger partial charge in [0.2, 0.25) is 5.76 Å². The van der Waals surface area contributed by atoms with E-state index in [1.54, 1.807) is 40.1 Å². The zero-order valence-corrected chi connectivity index (χ0v) is 39.8. The van der Waals surface area contributed by atoms with Crippen molar-refractivity contribution in [3.05, 3.63) is 165 Å². The summed E-state index contributed by atoms with van der Waals surface area (Å²) >= 11 is 5.10. The van der Waals surface area contributed by atoms with Crippen LogP contribution in [0.2, 0.25) is 0 Å². The minimum absolute atomic E-state index is 0.0253. The number of thiophene rings is 3. The Bertz CT molecular complexity index is 3320. The van der Waals surface area contributed by atoms with Crippen LogP contribution < -0.4 is 14.4 Å². The summed E-state index contributed by atoms with van der Waals surface area (Å²) in [5.74, 6) is 1.57. The molecule has 0 unspecified atom stereocenters. The van der Waals surface area contributed by atoms with Crippen LogP contribution in [0.5, 0.6) is 11.5 Å². The molecule has 0 saturated heterocycles. The lowest BCUT2D eigenvalue weighted by molar-refractivity contribution is -0.124. The number of nitriles is 1. The molecule has 1 aliphatic heterocycles. The maximum atomic E-state index is 11.0. The fraction of sp³-hybridized carbons (Fsp3) is 0.193. The fourth-order valence-corrected chi connectivity index (χ4v) is 14.9. The molecule has 66 heavy (non-hydrogen) atoms. The Morgan fingerprint density at radius 2 is 1.09 bits per heavy atom. The monoisotopic (exact) mass is 916 g/mol. The third-order valence-corrected chi connectivity index (χ3v) is 18.0. The fourth-order valence-electron chi connectivity index (χ4n) is 10.8. The van der Waals surface area contributed by atoms with Gasteiger partial charge in [0.15, 0.2) is 11.5 Å². The van der Waals surface area contributed by atoms with Crippen molar-refractivity contribution in [3.8, 4) is 69.8 Å². The van der Waals surface area contributed by atoms with Crippen LogP contribution in [0.1, 0.15) is 79.8 Å². The van der Waals surface area contributed by atoms with E-state index in [1.807, 2.05) is 6.07 Å². The molecule has 9 heteroatoms. The van der Waals surface area contributed by atoms with E-state index in [0.717, 1.165) is 53.6 Å². The molecule has 0 atom stereocenters. The number of carbonyl (C=O) groups is 1. The van der Waals surface area contributed by atoms with E-state index in [9.17, 15) is 10.1 Å². The lowest BCUT2D eigenvalue weighted by Gasteiger charge is -2.30. The zero-order chi connectivity index (χ0) is 45.3. The minimum Gasteiger partial charge on any atom is -0.485 e. The summed E-state index contributed by atoms with van der Waals surface area (Å²) in [5, 5.41) is 9.49.